The van der Waals surface area contributed by atoms with Gasteiger partial charge in [0.05, 0.1) is 0 Å². The third kappa shape index (κ3) is 7.77. The van der Waals surface area contributed by atoms with Gasteiger partial charge in [-0.3, -0.25) is 9.59 Å². The Morgan fingerprint density at radius 2 is 0.975 bits per heavy atom. The van der Waals surface area contributed by atoms with E-state index >= 15 is 0 Å². The quantitative estimate of drug-likeness (QED) is 0.205. The average Bonchev–Trinajstić information content (AvgIpc) is 2.90. The van der Waals surface area contributed by atoms with Crippen LogP contribution in [-0.4, -0.2) is 11.8 Å². The highest BCUT2D eigenvalue weighted by atomic mass is 35.5. The van der Waals surface area contributed by atoms with Gasteiger partial charge in [-0.15, -0.1) is 0 Å². The third-order valence-corrected chi connectivity index (χ3v) is 7.18. The molecule has 0 radical (unpaired) electrons. The molecule has 0 unspecified atom stereocenters. The molecule has 0 aromatic heterocycles. The molecule has 0 aliphatic rings. The van der Waals surface area contributed by atoms with Gasteiger partial charge in [-0.1, -0.05) is 70.7 Å². The molecule has 40 heavy (non-hydrogen) atoms. The second-order valence-corrected chi connectivity index (χ2v) is 10.7. The van der Waals surface area contributed by atoms with Crippen LogP contribution in [0.5, 0.6) is 0 Å². The molecule has 8 heteroatoms. The van der Waals surface area contributed by atoms with Crippen molar-refractivity contribution in [2.24, 2.45) is 0 Å². The van der Waals surface area contributed by atoms with Crippen molar-refractivity contribution in [2.75, 3.05) is 10.6 Å². The molecule has 4 aromatic carbocycles. The van der Waals surface area contributed by atoms with Crippen LogP contribution in [0.25, 0.3) is 23.3 Å². The number of rotatable bonds is 7. The SMILES string of the molecule is Cc1cc(-c2ccc(NC(=O)C=Cc3ccc(Cl)cc3Cl)c(C)c2)ccc1NC(=O)C=Cc1ccc(Cl)cc1Cl. The van der Waals surface area contributed by atoms with Gasteiger partial charge >= 0.3 is 0 Å². The summed E-state index contributed by atoms with van der Waals surface area (Å²) in [6.45, 7) is 3.86. The molecule has 4 rings (SSSR count). The maximum Gasteiger partial charge on any atom is 0.248 e. The van der Waals surface area contributed by atoms with E-state index in [1.165, 1.54) is 12.2 Å². The van der Waals surface area contributed by atoms with E-state index in [9.17, 15) is 9.59 Å². The lowest BCUT2D eigenvalue weighted by atomic mass is 10.00. The molecule has 0 saturated carbocycles. The molecule has 2 amide bonds. The van der Waals surface area contributed by atoms with Crippen LogP contribution in [0.15, 0.2) is 84.9 Å². The first-order chi connectivity index (χ1) is 19.1. The van der Waals surface area contributed by atoms with Gasteiger partial charge in [0.1, 0.15) is 0 Å². The summed E-state index contributed by atoms with van der Waals surface area (Å²) in [4.78, 5) is 25.0. The third-order valence-electron chi connectivity index (χ3n) is 6.06. The van der Waals surface area contributed by atoms with Crippen LogP contribution in [0.3, 0.4) is 0 Å². The molecular weight excluding hydrogens is 586 g/mol. The topological polar surface area (TPSA) is 58.2 Å². The lowest BCUT2D eigenvalue weighted by Gasteiger charge is -2.12. The number of carbonyl (C=O) groups is 2. The lowest BCUT2D eigenvalue weighted by Crippen LogP contribution is -2.09. The molecule has 0 spiro atoms. The molecular formula is C32H24Cl4N2O2. The Labute approximate surface area is 253 Å². The molecule has 0 saturated heterocycles. The highest BCUT2D eigenvalue weighted by molar-refractivity contribution is 6.36. The molecule has 0 bridgehead atoms. The number of carbonyl (C=O) groups excluding carboxylic acids is 2. The largest absolute Gasteiger partial charge is 0.322 e. The minimum Gasteiger partial charge on any atom is -0.322 e. The Morgan fingerprint density at radius 1 is 0.575 bits per heavy atom. The van der Waals surface area contributed by atoms with E-state index in [1.807, 2.05) is 50.2 Å². The summed E-state index contributed by atoms with van der Waals surface area (Å²) >= 11 is 24.2. The van der Waals surface area contributed by atoms with Crippen molar-refractivity contribution < 1.29 is 9.59 Å². The van der Waals surface area contributed by atoms with Crippen LogP contribution in [0.4, 0.5) is 11.4 Å². The number of anilines is 2. The Kier molecular flexibility index (Phi) is 9.72. The summed E-state index contributed by atoms with van der Waals surface area (Å²) in [5, 5.41) is 7.80. The zero-order valence-corrected chi connectivity index (χ0v) is 24.6. The molecule has 0 heterocycles. The molecule has 202 valence electrons. The first-order valence-corrected chi connectivity index (χ1v) is 13.7. The fourth-order valence-corrected chi connectivity index (χ4v) is 4.86. The van der Waals surface area contributed by atoms with Crippen molar-refractivity contribution in [2.45, 2.75) is 13.8 Å². The van der Waals surface area contributed by atoms with Gasteiger partial charge in [0, 0.05) is 43.6 Å². The maximum atomic E-state index is 12.5. The number of benzene rings is 4. The van der Waals surface area contributed by atoms with E-state index in [0.717, 1.165) is 22.3 Å². The van der Waals surface area contributed by atoms with Gasteiger partial charge < -0.3 is 10.6 Å². The van der Waals surface area contributed by atoms with E-state index in [-0.39, 0.29) is 11.8 Å². The van der Waals surface area contributed by atoms with Crippen LogP contribution in [-0.2, 0) is 9.59 Å². The molecule has 0 atom stereocenters. The van der Waals surface area contributed by atoms with Crippen molar-refractivity contribution in [3.05, 3.63) is 127 Å². The van der Waals surface area contributed by atoms with Crippen LogP contribution in [0, 0.1) is 13.8 Å². The minimum absolute atomic E-state index is 0.273. The van der Waals surface area contributed by atoms with E-state index in [0.29, 0.717) is 42.6 Å². The minimum atomic E-state index is -0.273. The number of hydrogen-bond acceptors (Lipinski definition) is 2. The number of hydrogen-bond donors (Lipinski definition) is 2. The Hall–Kier alpha value is -3.54. The Balaban J connectivity index is 1.41. The van der Waals surface area contributed by atoms with Crippen molar-refractivity contribution in [3.63, 3.8) is 0 Å². The monoisotopic (exact) mass is 608 g/mol. The van der Waals surface area contributed by atoms with Crippen molar-refractivity contribution in [1.29, 1.82) is 0 Å². The first-order valence-electron chi connectivity index (χ1n) is 12.2. The number of amides is 2. The van der Waals surface area contributed by atoms with Crippen molar-refractivity contribution in [1.82, 2.24) is 0 Å². The Bertz CT molecular complexity index is 1540. The van der Waals surface area contributed by atoms with Crippen molar-refractivity contribution in [3.8, 4) is 11.1 Å². The molecule has 4 aromatic rings. The van der Waals surface area contributed by atoms with Gasteiger partial charge in [-0.25, -0.2) is 0 Å². The van der Waals surface area contributed by atoms with Crippen LogP contribution < -0.4 is 10.6 Å². The van der Waals surface area contributed by atoms with E-state index in [2.05, 4.69) is 10.6 Å². The standard InChI is InChI=1S/C32H24Cl4N2O2/c1-19-15-23(5-11-29(19)37-31(39)13-7-21-3-9-25(33)17-27(21)35)24-6-12-30(20(2)16-24)38-32(40)14-8-22-4-10-26(34)18-28(22)36/h3-18H,1-2H3,(H,37,39)(H,38,40). The number of nitrogens with one attached hydrogen (secondary N) is 2. The van der Waals surface area contributed by atoms with Crippen molar-refractivity contribution >= 4 is 81.7 Å². The normalized spacial score (nSPS) is 11.2. The van der Waals surface area contributed by atoms with Crippen LogP contribution >= 0.6 is 46.4 Å². The van der Waals surface area contributed by atoms with Crippen LogP contribution in [0.1, 0.15) is 22.3 Å². The molecule has 0 aliphatic carbocycles. The lowest BCUT2D eigenvalue weighted by molar-refractivity contribution is -0.112. The number of halogens is 4. The smallest absolute Gasteiger partial charge is 0.248 e. The summed E-state index contributed by atoms with van der Waals surface area (Å²) in [5.41, 5.74) is 6.59. The fraction of sp³-hybridized carbons (Fsp3) is 0.0625. The predicted octanol–water partition coefficient (Wildman–Crippen LogP) is 9.89. The second-order valence-electron chi connectivity index (χ2n) is 9.04. The highest BCUT2D eigenvalue weighted by Crippen LogP contribution is 2.29. The fourth-order valence-electron chi connectivity index (χ4n) is 3.92. The van der Waals surface area contributed by atoms with Gasteiger partial charge in [-0.2, -0.15) is 0 Å². The zero-order chi connectivity index (χ0) is 28.8. The molecule has 0 aliphatic heterocycles. The summed E-state index contributed by atoms with van der Waals surface area (Å²) in [5.74, 6) is -0.546. The van der Waals surface area contributed by atoms with Crippen LogP contribution in [0.2, 0.25) is 20.1 Å². The second kappa shape index (κ2) is 13.2. The summed E-state index contributed by atoms with van der Waals surface area (Å²) in [6, 6.07) is 21.8. The van der Waals surface area contributed by atoms with Gasteiger partial charge in [0.25, 0.3) is 0 Å². The van der Waals surface area contributed by atoms with Gasteiger partial charge in [0.15, 0.2) is 0 Å². The van der Waals surface area contributed by atoms with E-state index in [1.54, 1.807) is 48.6 Å². The molecule has 2 N–H and O–H groups in total. The molecule has 4 nitrogen and oxygen atoms in total. The zero-order valence-electron chi connectivity index (χ0n) is 21.6. The number of aryl methyl sites for hydroxylation is 2. The first kappa shape index (κ1) is 29.4. The maximum absolute atomic E-state index is 12.5. The van der Waals surface area contributed by atoms with E-state index in [4.69, 9.17) is 46.4 Å². The summed E-state index contributed by atoms with van der Waals surface area (Å²) < 4.78 is 0. The summed E-state index contributed by atoms with van der Waals surface area (Å²) in [6.07, 6.45) is 6.14. The molecule has 0 fully saturated rings. The Morgan fingerprint density at radius 3 is 1.32 bits per heavy atom. The highest BCUT2D eigenvalue weighted by Gasteiger charge is 2.08. The van der Waals surface area contributed by atoms with Gasteiger partial charge in [0.2, 0.25) is 11.8 Å². The summed E-state index contributed by atoms with van der Waals surface area (Å²) in [7, 11) is 0. The average molecular weight is 610 g/mol. The van der Waals surface area contributed by atoms with Gasteiger partial charge in [-0.05, 0) is 108 Å². The van der Waals surface area contributed by atoms with E-state index < -0.39 is 0 Å². The predicted molar refractivity (Wildman–Crippen MR) is 170 cm³/mol.